The number of rotatable bonds is 7. The molecular formula is C22H30N4OS. The van der Waals surface area contributed by atoms with Crippen molar-refractivity contribution in [1.29, 1.82) is 0 Å². The third-order valence-corrected chi connectivity index (χ3v) is 6.63. The van der Waals surface area contributed by atoms with E-state index in [1.54, 1.807) is 11.3 Å². The molecule has 0 spiro atoms. The lowest BCUT2D eigenvalue weighted by Gasteiger charge is -2.32. The first-order chi connectivity index (χ1) is 13.8. The summed E-state index contributed by atoms with van der Waals surface area (Å²) in [5, 5.41) is 9.83. The number of hydrogen-bond donors (Lipinski definition) is 2. The fraction of sp³-hybridized carbons (Fsp3) is 0.545. The molecule has 4 rings (SSSR count). The van der Waals surface area contributed by atoms with E-state index in [1.165, 1.54) is 29.1 Å². The highest BCUT2D eigenvalue weighted by Crippen LogP contribution is 2.20. The van der Waals surface area contributed by atoms with E-state index in [2.05, 4.69) is 51.2 Å². The standard InChI is InChI=1S/C22H30N4OS/c27-22(20-9-4-10-23-20)24-13-18-8-5-11-26(14-18)15-19-16-28-21(25-19)12-17-6-2-1-3-7-17/h1-3,6-7,16,18,20,23H,4-5,8-15H2,(H,24,27). The van der Waals surface area contributed by atoms with Crippen LogP contribution in [-0.2, 0) is 17.8 Å². The molecule has 3 heterocycles. The molecule has 0 bridgehead atoms. The van der Waals surface area contributed by atoms with Gasteiger partial charge in [-0.1, -0.05) is 30.3 Å². The van der Waals surface area contributed by atoms with Crippen LogP contribution in [0.5, 0.6) is 0 Å². The molecule has 28 heavy (non-hydrogen) atoms. The van der Waals surface area contributed by atoms with E-state index in [1.807, 2.05) is 0 Å². The van der Waals surface area contributed by atoms with Crippen LogP contribution in [0.2, 0.25) is 0 Å². The first kappa shape index (κ1) is 19.6. The summed E-state index contributed by atoms with van der Waals surface area (Å²) in [6, 6.07) is 10.6. The van der Waals surface area contributed by atoms with Crippen molar-refractivity contribution in [2.75, 3.05) is 26.2 Å². The van der Waals surface area contributed by atoms with E-state index in [0.29, 0.717) is 5.92 Å². The zero-order chi connectivity index (χ0) is 19.2. The fourth-order valence-corrected chi connectivity index (χ4v) is 5.06. The van der Waals surface area contributed by atoms with E-state index in [-0.39, 0.29) is 11.9 Å². The molecule has 2 aromatic rings. The molecule has 2 unspecified atom stereocenters. The Bertz CT molecular complexity index is 757. The lowest BCUT2D eigenvalue weighted by molar-refractivity contribution is -0.123. The van der Waals surface area contributed by atoms with Gasteiger partial charge in [0.25, 0.3) is 0 Å². The molecule has 2 N–H and O–H groups in total. The molecule has 150 valence electrons. The molecule has 1 aromatic carbocycles. The molecule has 2 aliphatic rings. The van der Waals surface area contributed by atoms with Gasteiger partial charge in [0.1, 0.15) is 0 Å². The summed E-state index contributed by atoms with van der Waals surface area (Å²) in [7, 11) is 0. The van der Waals surface area contributed by atoms with Crippen molar-refractivity contribution in [2.24, 2.45) is 5.92 Å². The van der Waals surface area contributed by atoms with Crippen LogP contribution in [-0.4, -0.2) is 48.0 Å². The van der Waals surface area contributed by atoms with Crippen molar-refractivity contribution in [3.63, 3.8) is 0 Å². The predicted molar refractivity (Wildman–Crippen MR) is 113 cm³/mol. The zero-order valence-electron chi connectivity index (χ0n) is 16.4. The van der Waals surface area contributed by atoms with Crippen molar-refractivity contribution in [1.82, 2.24) is 20.5 Å². The topological polar surface area (TPSA) is 57.3 Å². The van der Waals surface area contributed by atoms with Crippen molar-refractivity contribution in [2.45, 2.75) is 44.7 Å². The number of nitrogens with one attached hydrogen (secondary N) is 2. The number of thiazole rings is 1. The number of nitrogens with zero attached hydrogens (tertiary/aromatic N) is 2. The van der Waals surface area contributed by atoms with Gasteiger partial charge in [0.2, 0.25) is 5.91 Å². The minimum atomic E-state index is 0.0257. The van der Waals surface area contributed by atoms with Gasteiger partial charge in [-0.25, -0.2) is 4.98 Å². The predicted octanol–water partition coefficient (Wildman–Crippen LogP) is 2.81. The van der Waals surface area contributed by atoms with Crippen molar-refractivity contribution >= 4 is 17.2 Å². The minimum Gasteiger partial charge on any atom is -0.354 e. The molecule has 6 heteroatoms. The molecule has 2 atom stereocenters. The van der Waals surface area contributed by atoms with Gasteiger partial charge in [-0.3, -0.25) is 9.69 Å². The Kier molecular flexibility index (Phi) is 6.73. The van der Waals surface area contributed by atoms with Crippen LogP contribution >= 0.6 is 11.3 Å². The summed E-state index contributed by atoms with van der Waals surface area (Å²) >= 11 is 1.76. The van der Waals surface area contributed by atoms with Crippen LogP contribution in [0.15, 0.2) is 35.7 Å². The molecule has 1 amide bonds. The SMILES string of the molecule is O=C(NCC1CCCN(Cc2csc(Cc3ccccc3)n2)C1)C1CCCN1. The first-order valence-corrected chi connectivity index (χ1v) is 11.3. The van der Waals surface area contributed by atoms with E-state index in [9.17, 15) is 4.79 Å². The van der Waals surface area contributed by atoms with Crippen molar-refractivity contribution in [3.05, 3.63) is 52.0 Å². The third-order valence-electron chi connectivity index (χ3n) is 5.73. The molecule has 5 nitrogen and oxygen atoms in total. The Labute approximate surface area is 171 Å². The summed E-state index contributed by atoms with van der Waals surface area (Å²) in [6.07, 6.45) is 5.39. The van der Waals surface area contributed by atoms with Gasteiger partial charge in [0, 0.05) is 31.4 Å². The molecule has 0 aliphatic carbocycles. The van der Waals surface area contributed by atoms with Gasteiger partial charge in [-0.05, 0) is 50.3 Å². The average molecular weight is 399 g/mol. The van der Waals surface area contributed by atoms with Gasteiger partial charge in [-0.15, -0.1) is 11.3 Å². The molecule has 0 saturated carbocycles. The number of aromatic nitrogens is 1. The number of carbonyl (C=O) groups is 1. The Morgan fingerprint density at radius 1 is 1.25 bits per heavy atom. The Hall–Kier alpha value is -1.76. The number of hydrogen-bond acceptors (Lipinski definition) is 5. The average Bonchev–Trinajstić information content (AvgIpc) is 3.40. The maximum atomic E-state index is 12.2. The van der Waals surface area contributed by atoms with Crippen LogP contribution in [0.25, 0.3) is 0 Å². The van der Waals surface area contributed by atoms with Crippen molar-refractivity contribution < 1.29 is 4.79 Å². The van der Waals surface area contributed by atoms with Gasteiger partial charge >= 0.3 is 0 Å². The number of carbonyl (C=O) groups excluding carboxylic acids is 1. The lowest BCUT2D eigenvalue weighted by Crippen LogP contribution is -2.45. The summed E-state index contributed by atoms with van der Waals surface area (Å²) in [6.45, 7) is 4.85. The lowest BCUT2D eigenvalue weighted by atomic mass is 9.97. The zero-order valence-corrected chi connectivity index (χ0v) is 17.2. The van der Waals surface area contributed by atoms with Crippen molar-refractivity contribution in [3.8, 4) is 0 Å². The quantitative estimate of drug-likeness (QED) is 0.753. The second-order valence-electron chi connectivity index (χ2n) is 8.03. The van der Waals surface area contributed by atoms with Crippen LogP contribution < -0.4 is 10.6 Å². The Morgan fingerprint density at radius 2 is 2.14 bits per heavy atom. The molecule has 2 aliphatic heterocycles. The second-order valence-corrected chi connectivity index (χ2v) is 8.98. The van der Waals surface area contributed by atoms with Crippen LogP contribution in [0.1, 0.15) is 41.9 Å². The highest BCUT2D eigenvalue weighted by atomic mass is 32.1. The second kappa shape index (κ2) is 9.63. The van der Waals surface area contributed by atoms with Gasteiger partial charge in [-0.2, -0.15) is 0 Å². The van der Waals surface area contributed by atoms with Gasteiger partial charge in [0.05, 0.1) is 16.7 Å². The number of piperidine rings is 1. The van der Waals surface area contributed by atoms with Crippen LogP contribution in [0.3, 0.4) is 0 Å². The van der Waals surface area contributed by atoms with E-state index in [4.69, 9.17) is 4.98 Å². The summed E-state index contributed by atoms with van der Waals surface area (Å²) in [5.74, 6) is 0.723. The molecule has 2 saturated heterocycles. The molecular weight excluding hydrogens is 368 g/mol. The Morgan fingerprint density at radius 3 is 2.96 bits per heavy atom. The highest BCUT2D eigenvalue weighted by molar-refractivity contribution is 7.09. The van der Waals surface area contributed by atoms with Gasteiger partial charge in [0.15, 0.2) is 0 Å². The first-order valence-electron chi connectivity index (χ1n) is 10.5. The summed E-state index contributed by atoms with van der Waals surface area (Å²) in [5.41, 5.74) is 2.49. The third kappa shape index (κ3) is 5.40. The smallest absolute Gasteiger partial charge is 0.237 e. The monoisotopic (exact) mass is 398 g/mol. The summed E-state index contributed by atoms with van der Waals surface area (Å²) < 4.78 is 0. The highest BCUT2D eigenvalue weighted by Gasteiger charge is 2.25. The summed E-state index contributed by atoms with van der Waals surface area (Å²) in [4.78, 5) is 19.6. The van der Waals surface area contributed by atoms with E-state index >= 15 is 0 Å². The molecule has 2 fully saturated rings. The largest absolute Gasteiger partial charge is 0.354 e. The van der Waals surface area contributed by atoms with Crippen LogP contribution in [0, 0.1) is 5.92 Å². The molecule has 1 aromatic heterocycles. The maximum absolute atomic E-state index is 12.2. The van der Waals surface area contributed by atoms with Gasteiger partial charge < -0.3 is 10.6 Å². The number of likely N-dealkylation sites (tertiary alicyclic amines) is 1. The molecule has 0 radical (unpaired) electrons. The number of amides is 1. The fourth-order valence-electron chi connectivity index (χ4n) is 4.24. The minimum absolute atomic E-state index is 0.0257. The van der Waals surface area contributed by atoms with E-state index < -0.39 is 0 Å². The normalized spacial score (nSPS) is 23.0. The number of benzene rings is 1. The van der Waals surface area contributed by atoms with Crippen LogP contribution in [0.4, 0.5) is 0 Å². The van der Waals surface area contributed by atoms with E-state index in [0.717, 1.165) is 52.0 Å². The maximum Gasteiger partial charge on any atom is 0.237 e. The Balaban J connectivity index is 1.24.